The van der Waals surface area contributed by atoms with Gasteiger partial charge in [0.1, 0.15) is 5.01 Å². The number of aromatic nitrogens is 2. The molecule has 1 heterocycles. The van der Waals surface area contributed by atoms with E-state index in [2.05, 4.69) is 34.7 Å². The lowest BCUT2D eigenvalue weighted by Gasteiger charge is -2.06. The number of carbonyl (C=O) groups excluding carboxylic acids is 2. The van der Waals surface area contributed by atoms with Crippen molar-refractivity contribution in [2.75, 3.05) is 11.9 Å². The molecule has 0 spiro atoms. The number of carbonyl (C=O) groups is 2. The summed E-state index contributed by atoms with van der Waals surface area (Å²) in [7, 11) is 0. The van der Waals surface area contributed by atoms with E-state index in [-0.39, 0.29) is 17.8 Å². The first kappa shape index (κ1) is 19.4. The van der Waals surface area contributed by atoms with Gasteiger partial charge >= 0.3 is 0 Å². The minimum absolute atomic E-state index is 0.116. The average molecular weight is 377 g/mol. The van der Waals surface area contributed by atoms with Crippen LogP contribution >= 0.6 is 11.3 Å². The smallest absolute Gasteiger partial charge is 0.273 e. The van der Waals surface area contributed by atoms with E-state index in [0.717, 1.165) is 11.4 Å². The van der Waals surface area contributed by atoms with Gasteiger partial charge in [-0.15, -0.1) is 10.2 Å². The van der Waals surface area contributed by atoms with Crippen molar-refractivity contribution in [1.82, 2.24) is 15.5 Å². The molecule has 10 heteroatoms. The Labute approximate surface area is 154 Å². The summed E-state index contributed by atoms with van der Waals surface area (Å²) in [6.45, 7) is 5.43. The molecule has 1 aromatic heterocycles. The summed E-state index contributed by atoms with van der Waals surface area (Å²) in [5.74, 6) is -0.586. The molecule has 2 N–H and O–H groups in total. The second kappa shape index (κ2) is 8.48. The maximum atomic E-state index is 12.1. The lowest BCUT2D eigenvalue weighted by atomic mass is 10.1. The largest absolute Gasteiger partial charge is 0.343 e. The fraction of sp³-hybridized carbons (Fsp3) is 0.375. The third kappa shape index (κ3) is 5.31. The monoisotopic (exact) mass is 377 g/mol. The van der Waals surface area contributed by atoms with Gasteiger partial charge in [0.2, 0.25) is 11.0 Å². The molecule has 1 aromatic carbocycles. The number of benzene rings is 1. The highest BCUT2D eigenvalue weighted by atomic mass is 32.1. The molecule has 0 saturated carbocycles. The summed E-state index contributed by atoms with van der Waals surface area (Å²) in [6, 6.07) is 4.15. The Morgan fingerprint density at radius 3 is 2.69 bits per heavy atom. The first-order valence-electron chi connectivity index (χ1n) is 7.91. The van der Waals surface area contributed by atoms with Gasteiger partial charge in [0.05, 0.1) is 11.5 Å². The van der Waals surface area contributed by atoms with Gasteiger partial charge in [-0.25, -0.2) is 0 Å². The number of hydrogen-bond acceptors (Lipinski definition) is 7. The molecule has 0 aliphatic rings. The Bertz CT molecular complexity index is 834. The highest BCUT2D eigenvalue weighted by Crippen LogP contribution is 2.19. The molecular weight excluding hydrogens is 358 g/mol. The first-order chi connectivity index (χ1) is 12.3. The number of rotatable bonds is 7. The highest BCUT2D eigenvalue weighted by Gasteiger charge is 2.16. The van der Waals surface area contributed by atoms with Crippen LogP contribution in [0.4, 0.5) is 10.8 Å². The molecule has 0 aliphatic carbocycles. The number of aryl methyl sites for hydroxylation is 1. The normalized spacial score (nSPS) is 10.6. The lowest BCUT2D eigenvalue weighted by Crippen LogP contribution is -2.32. The van der Waals surface area contributed by atoms with Crippen molar-refractivity contribution >= 4 is 34.0 Å². The number of nitro benzene ring substituents is 1. The molecule has 0 atom stereocenters. The summed E-state index contributed by atoms with van der Waals surface area (Å²) in [4.78, 5) is 34.4. The van der Waals surface area contributed by atoms with Crippen LogP contribution in [0.3, 0.4) is 0 Å². The summed E-state index contributed by atoms with van der Waals surface area (Å²) < 4.78 is 0. The van der Waals surface area contributed by atoms with Crippen molar-refractivity contribution in [3.05, 3.63) is 44.4 Å². The van der Waals surface area contributed by atoms with Gasteiger partial charge in [-0.2, -0.15) is 0 Å². The Balaban J connectivity index is 1.91. The van der Waals surface area contributed by atoms with E-state index in [4.69, 9.17) is 0 Å². The summed E-state index contributed by atoms with van der Waals surface area (Å²) >= 11 is 1.29. The standard InChI is InChI=1S/C16H19N5O4S/c1-9(2)6-14-19-20-16(26-14)18-13(22)8-17-15(23)11-5-4-10(3)12(7-11)21(24)25/h4-5,7,9H,6,8H2,1-3H3,(H,17,23)(H,18,20,22). The van der Waals surface area contributed by atoms with Crippen LogP contribution in [-0.2, 0) is 11.2 Å². The third-order valence-corrected chi connectivity index (χ3v) is 4.23. The van der Waals surface area contributed by atoms with E-state index in [9.17, 15) is 19.7 Å². The Morgan fingerprint density at radius 2 is 2.04 bits per heavy atom. The highest BCUT2D eigenvalue weighted by molar-refractivity contribution is 7.15. The molecule has 138 valence electrons. The number of nitrogens with one attached hydrogen (secondary N) is 2. The van der Waals surface area contributed by atoms with Crippen LogP contribution in [0.2, 0.25) is 0 Å². The van der Waals surface area contributed by atoms with Gasteiger partial charge in [-0.1, -0.05) is 31.3 Å². The zero-order valence-corrected chi connectivity index (χ0v) is 15.4. The molecule has 0 bridgehead atoms. The fourth-order valence-corrected chi connectivity index (χ4v) is 3.08. The zero-order chi connectivity index (χ0) is 19.3. The number of nitrogens with zero attached hydrogens (tertiary/aromatic N) is 3. The molecule has 2 aromatic rings. The number of anilines is 1. The van der Waals surface area contributed by atoms with Gasteiger partial charge in [-0.05, 0) is 18.9 Å². The predicted molar refractivity (Wildman–Crippen MR) is 97.2 cm³/mol. The summed E-state index contributed by atoms with van der Waals surface area (Å²) in [6.07, 6.45) is 0.774. The molecule has 0 saturated heterocycles. The van der Waals surface area contributed by atoms with Crippen LogP contribution in [0, 0.1) is 23.0 Å². The van der Waals surface area contributed by atoms with Crippen molar-refractivity contribution in [1.29, 1.82) is 0 Å². The van der Waals surface area contributed by atoms with Crippen LogP contribution in [0.5, 0.6) is 0 Å². The Morgan fingerprint density at radius 1 is 1.31 bits per heavy atom. The minimum Gasteiger partial charge on any atom is -0.343 e. The molecule has 2 amide bonds. The van der Waals surface area contributed by atoms with Gasteiger partial charge in [-0.3, -0.25) is 25.0 Å². The van der Waals surface area contributed by atoms with Gasteiger partial charge < -0.3 is 5.32 Å². The second-order valence-electron chi connectivity index (χ2n) is 6.09. The van der Waals surface area contributed by atoms with E-state index in [1.165, 1.54) is 29.5 Å². The van der Waals surface area contributed by atoms with Gasteiger partial charge in [0.15, 0.2) is 0 Å². The van der Waals surface area contributed by atoms with Crippen molar-refractivity contribution in [3.8, 4) is 0 Å². The zero-order valence-electron chi connectivity index (χ0n) is 14.6. The quantitative estimate of drug-likeness (QED) is 0.563. The van der Waals surface area contributed by atoms with Crippen LogP contribution < -0.4 is 10.6 Å². The van der Waals surface area contributed by atoms with Gasteiger partial charge in [0.25, 0.3) is 11.6 Å². The minimum atomic E-state index is -0.569. The number of amides is 2. The molecule has 2 rings (SSSR count). The van der Waals surface area contributed by atoms with Crippen LogP contribution in [0.1, 0.15) is 34.8 Å². The van der Waals surface area contributed by atoms with Crippen molar-refractivity contribution in [2.24, 2.45) is 5.92 Å². The summed E-state index contributed by atoms with van der Waals surface area (Å²) in [5.41, 5.74) is 0.427. The van der Waals surface area contributed by atoms with E-state index in [1.807, 2.05) is 0 Å². The SMILES string of the molecule is Cc1ccc(C(=O)NCC(=O)Nc2nnc(CC(C)C)s2)cc1[N+](=O)[O-]. The van der Waals surface area contributed by atoms with Crippen LogP contribution in [0.25, 0.3) is 0 Å². The lowest BCUT2D eigenvalue weighted by molar-refractivity contribution is -0.385. The van der Waals surface area contributed by atoms with Crippen LogP contribution in [0.15, 0.2) is 18.2 Å². The Kier molecular flexibility index (Phi) is 6.34. The van der Waals surface area contributed by atoms with E-state index in [1.54, 1.807) is 6.92 Å². The number of hydrogen-bond donors (Lipinski definition) is 2. The predicted octanol–water partition coefficient (Wildman–Crippen LogP) is 2.32. The van der Waals surface area contributed by atoms with Crippen molar-refractivity contribution < 1.29 is 14.5 Å². The molecule has 26 heavy (non-hydrogen) atoms. The maximum Gasteiger partial charge on any atom is 0.273 e. The van der Waals surface area contributed by atoms with E-state index in [0.29, 0.717) is 16.6 Å². The van der Waals surface area contributed by atoms with Crippen molar-refractivity contribution in [2.45, 2.75) is 27.2 Å². The molecule has 9 nitrogen and oxygen atoms in total. The first-order valence-corrected chi connectivity index (χ1v) is 8.73. The number of nitro groups is 1. The fourth-order valence-electron chi connectivity index (χ4n) is 2.11. The average Bonchev–Trinajstić information content (AvgIpc) is 2.98. The molecule has 0 fully saturated rings. The molecule has 0 aliphatic heterocycles. The second-order valence-corrected chi connectivity index (χ2v) is 7.15. The topological polar surface area (TPSA) is 127 Å². The van der Waals surface area contributed by atoms with E-state index >= 15 is 0 Å². The van der Waals surface area contributed by atoms with E-state index < -0.39 is 16.7 Å². The third-order valence-electron chi connectivity index (χ3n) is 3.37. The summed E-state index contributed by atoms with van der Waals surface area (Å²) in [5, 5.41) is 25.0. The maximum absolute atomic E-state index is 12.1. The molecular formula is C16H19N5O4S. The molecule has 0 unspecified atom stereocenters. The Hall–Kier alpha value is -2.88. The molecule has 0 radical (unpaired) electrons. The van der Waals surface area contributed by atoms with Crippen LogP contribution in [-0.4, -0.2) is 33.5 Å². The van der Waals surface area contributed by atoms with Crippen molar-refractivity contribution in [3.63, 3.8) is 0 Å². The van der Waals surface area contributed by atoms with Gasteiger partial charge in [0, 0.05) is 23.6 Å².